The second kappa shape index (κ2) is 5.93. The van der Waals surface area contributed by atoms with E-state index in [4.69, 9.17) is 4.74 Å². The van der Waals surface area contributed by atoms with Crippen LogP contribution in [0.25, 0.3) is 5.57 Å². The van der Waals surface area contributed by atoms with Gasteiger partial charge >= 0.3 is 0 Å². The smallest absolute Gasteiger partial charge is 0.166 e. The monoisotopic (exact) mass is 356 g/mol. The minimum atomic E-state index is -0.672. The molecule has 0 bridgehead atoms. The molecule has 0 atom stereocenters. The maximum atomic E-state index is 14.4. The molecule has 0 spiro atoms. The maximum absolute atomic E-state index is 14.4. The van der Waals surface area contributed by atoms with Gasteiger partial charge in [0, 0.05) is 11.1 Å². The summed E-state index contributed by atoms with van der Waals surface area (Å²) in [6.45, 7) is 5.20. The molecular weight excluding hydrogens is 345 g/mol. The normalized spacial score (nSPS) is 10.6. The van der Waals surface area contributed by atoms with Crippen molar-refractivity contribution >= 4 is 21.5 Å². The van der Waals surface area contributed by atoms with Crippen molar-refractivity contribution in [3.8, 4) is 5.75 Å². The zero-order chi connectivity index (χ0) is 15.7. The summed E-state index contributed by atoms with van der Waals surface area (Å²) >= 11 is 3.05. The zero-order valence-corrected chi connectivity index (χ0v) is 13.0. The van der Waals surface area contributed by atoms with Gasteiger partial charge in [-0.2, -0.15) is 0 Å². The van der Waals surface area contributed by atoms with E-state index in [0.29, 0.717) is 5.56 Å². The van der Waals surface area contributed by atoms with Gasteiger partial charge in [0.25, 0.3) is 0 Å². The molecule has 0 N–H and O–H groups in total. The van der Waals surface area contributed by atoms with Crippen LogP contribution in [0.1, 0.15) is 16.7 Å². The van der Waals surface area contributed by atoms with Gasteiger partial charge in [-0.15, -0.1) is 0 Å². The summed E-state index contributed by atoms with van der Waals surface area (Å²) < 4.78 is 46.6. The number of methoxy groups -OCH3 is 1. The van der Waals surface area contributed by atoms with Crippen molar-refractivity contribution in [3.05, 3.63) is 69.5 Å². The number of benzene rings is 2. The summed E-state index contributed by atoms with van der Waals surface area (Å²) in [5.74, 6) is -1.86. The molecule has 0 radical (unpaired) electrons. The Morgan fingerprint density at radius 3 is 2.38 bits per heavy atom. The number of hydrogen-bond acceptors (Lipinski definition) is 1. The molecule has 21 heavy (non-hydrogen) atoms. The average molecular weight is 357 g/mol. The average Bonchev–Trinajstić information content (AvgIpc) is 2.45. The van der Waals surface area contributed by atoms with Crippen molar-refractivity contribution < 1.29 is 17.9 Å². The first-order chi connectivity index (χ1) is 9.86. The zero-order valence-electron chi connectivity index (χ0n) is 11.4. The fourth-order valence-electron chi connectivity index (χ4n) is 2.05. The van der Waals surface area contributed by atoms with E-state index in [1.54, 1.807) is 0 Å². The van der Waals surface area contributed by atoms with Gasteiger partial charge in [-0.1, -0.05) is 12.6 Å². The molecule has 0 aliphatic heterocycles. The van der Waals surface area contributed by atoms with Gasteiger partial charge in [0.15, 0.2) is 11.6 Å². The largest absolute Gasteiger partial charge is 0.493 e. The summed E-state index contributed by atoms with van der Waals surface area (Å²) in [5, 5.41) is 0. The number of halogens is 4. The Morgan fingerprint density at radius 2 is 1.81 bits per heavy atom. The lowest BCUT2D eigenvalue weighted by atomic mass is 9.97. The van der Waals surface area contributed by atoms with Crippen molar-refractivity contribution in [2.24, 2.45) is 0 Å². The Labute approximate surface area is 129 Å². The number of rotatable bonds is 3. The molecule has 0 aromatic heterocycles. The minimum absolute atomic E-state index is 0.0179. The Hall–Kier alpha value is -1.75. The van der Waals surface area contributed by atoms with Gasteiger partial charge < -0.3 is 4.74 Å². The van der Waals surface area contributed by atoms with Crippen LogP contribution in [0, 0.1) is 24.4 Å². The van der Waals surface area contributed by atoms with E-state index in [-0.39, 0.29) is 26.9 Å². The number of hydrogen-bond donors (Lipinski definition) is 0. The second-order valence-electron chi connectivity index (χ2n) is 4.49. The molecule has 0 unspecified atom stereocenters. The van der Waals surface area contributed by atoms with Crippen molar-refractivity contribution in [2.75, 3.05) is 7.11 Å². The number of ether oxygens (including phenoxy) is 1. The van der Waals surface area contributed by atoms with Gasteiger partial charge in [-0.05, 0) is 52.2 Å². The highest BCUT2D eigenvalue weighted by Crippen LogP contribution is 2.33. The van der Waals surface area contributed by atoms with Crippen molar-refractivity contribution in [1.82, 2.24) is 0 Å². The van der Waals surface area contributed by atoms with E-state index in [2.05, 4.69) is 22.5 Å². The van der Waals surface area contributed by atoms with Crippen molar-refractivity contribution in [1.29, 1.82) is 0 Å². The second-order valence-corrected chi connectivity index (χ2v) is 5.34. The highest BCUT2D eigenvalue weighted by molar-refractivity contribution is 9.10. The van der Waals surface area contributed by atoms with Crippen LogP contribution >= 0.6 is 15.9 Å². The molecule has 2 rings (SSSR count). The fourth-order valence-corrected chi connectivity index (χ4v) is 2.42. The van der Waals surface area contributed by atoms with Crippen LogP contribution in [0.2, 0.25) is 0 Å². The highest BCUT2D eigenvalue weighted by atomic mass is 79.9. The SMILES string of the molecule is C=C(c1ccc(F)c(Br)c1)c1cc(F)c(OC)c(C)c1F. The van der Waals surface area contributed by atoms with Crippen LogP contribution in [-0.2, 0) is 0 Å². The maximum Gasteiger partial charge on any atom is 0.166 e. The van der Waals surface area contributed by atoms with Gasteiger partial charge in [-0.25, -0.2) is 13.2 Å². The molecule has 0 amide bonds. The minimum Gasteiger partial charge on any atom is -0.493 e. The fraction of sp³-hybridized carbons (Fsp3) is 0.125. The predicted octanol–water partition coefficient (Wildman–Crippen LogP) is 5.24. The van der Waals surface area contributed by atoms with E-state index < -0.39 is 17.5 Å². The molecule has 0 aliphatic carbocycles. The van der Waals surface area contributed by atoms with E-state index in [9.17, 15) is 13.2 Å². The van der Waals surface area contributed by atoms with Gasteiger partial charge in [-0.3, -0.25) is 0 Å². The molecule has 5 heteroatoms. The highest BCUT2D eigenvalue weighted by Gasteiger charge is 2.18. The third-order valence-electron chi connectivity index (χ3n) is 3.19. The first kappa shape index (κ1) is 15.6. The van der Waals surface area contributed by atoms with Crippen LogP contribution in [0.5, 0.6) is 5.75 Å². The molecule has 2 aromatic rings. The molecule has 2 aromatic carbocycles. The summed E-state index contributed by atoms with van der Waals surface area (Å²) in [5.41, 5.74) is 0.836. The molecule has 0 saturated carbocycles. The van der Waals surface area contributed by atoms with Crippen LogP contribution < -0.4 is 4.74 Å². The lowest BCUT2D eigenvalue weighted by Gasteiger charge is -2.13. The van der Waals surface area contributed by atoms with Crippen LogP contribution in [-0.4, -0.2) is 7.11 Å². The van der Waals surface area contributed by atoms with Gasteiger partial charge in [0.05, 0.1) is 11.6 Å². The van der Waals surface area contributed by atoms with Gasteiger partial charge in [0.1, 0.15) is 11.6 Å². The first-order valence-corrected chi connectivity index (χ1v) is 6.83. The lowest BCUT2D eigenvalue weighted by molar-refractivity contribution is 0.378. The van der Waals surface area contributed by atoms with Crippen LogP contribution in [0.4, 0.5) is 13.2 Å². The molecule has 110 valence electrons. The quantitative estimate of drug-likeness (QED) is 0.730. The Kier molecular flexibility index (Phi) is 4.42. The van der Waals surface area contributed by atoms with E-state index in [1.165, 1.54) is 32.2 Å². The van der Waals surface area contributed by atoms with E-state index >= 15 is 0 Å². The van der Waals surface area contributed by atoms with Gasteiger partial charge in [0.2, 0.25) is 0 Å². The van der Waals surface area contributed by atoms with Crippen LogP contribution in [0.15, 0.2) is 35.3 Å². The summed E-state index contributed by atoms with van der Waals surface area (Å²) in [6, 6.07) is 5.18. The van der Waals surface area contributed by atoms with Crippen molar-refractivity contribution in [3.63, 3.8) is 0 Å². The standard InChI is InChI=1S/C16H12BrF3O/c1-8(10-4-5-13(18)12(17)6-10)11-7-14(19)16(21-3)9(2)15(11)20/h4-7H,1H2,2-3H3. The molecular formula is C16H12BrF3O. The van der Waals surface area contributed by atoms with Crippen molar-refractivity contribution in [2.45, 2.75) is 6.92 Å². The van der Waals surface area contributed by atoms with E-state index in [1.807, 2.05) is 0 Å². The molecule has 0 heterocycles. The lowest BCUT2D eigenvalue weighted by Crippen LogP contribution is -2.01. The molecule has 0 aliphatic rings. The Balaban J connectivity index is 2.56. The van der Waals surface area contributed by atoms with E-state index in [0.717, 1.165) is 6.07 Å². The Morgan fingerprint density at radius 1 is 1.14 bits per heavy atom. The summed E-state index contributed by atoms with van der Waals surface area (Å²) in [6.07, 6.45) is 0. The molecule has 0 fully saturated rings. The third kappa shape index (κ3) is 2.83. The predicted molar refractivity (Wildman–Crippen MR) is 79.9 cm³/mol. The summed E-state index contributed by atoms with van der Waals surface area (Å²) in [4.78, 5) is 0. The molecule has 1 nitrogen and oxygen atoms in total. The summed E-state index contributed by atoms with van der Waals surface area (Å²) in [7, 11) is 1.27. The molecule has 0 saturated heterocycles. The third-order valence-corrected chi connectivity index (χ3v) is 3.80. The topological polar surface area (TPSA) is 9.23 Å². The Bertz CT molecular complexity index is 726. The van der Waals surface area contributed by atoms with Crippen LogP contribution in [0.3, 0.4) is 0 Å². The first-order valence-electron chi connectivity index (χ1n) is 6.04.